The van der Waals surface area contributed by atoms with E-state index in [2.05, 4.69) is 10.6 Å². The number of amides is 2. The second-order valence-electron chi connectivity index (χ2n) is 3.83. The molecule has 0 aromatic heterocycles. The van der Waals surface area contributed by atoms with Crippen LogP contribution in [0.1, 0.15) is 12.8 Å². The van der Waals surface area contributed by atoms with Gasteiger partial charge >= 0.3 is 12.0 Å². The predicted octanol–water partition coefficient (Wildman–Crippen LogP) is -1.36. The van der Waals surface area contributed by atoms with Gasteiger partial charge in [0, 0.05) is 28.3 Å². The van der Waals surface area contributed by atoms with Crippen molar-refractivity contribution in [3.05, 3.63) is 0 Å². The molecule has 4 N–H and O–H groups in total. The molecule has 0 radical (unpaired) electrons. The molecule has 1 fully saturated rings. The number of aliphatic hydroxyl groups is 1. The van der Waals surface area contributed by atoms with Crippen LogP contribution in [0.3, 0.4) is 0 Å². The zero-order valence-electron chi connectivity index (χ0n) is 9.22. The normalized spacial score (nSPS) is 25.9. The fourth-order valence-corrected chi connectivity index (χ4v) is 2.75. The second-order valence-corrected chi connectivity index (χ2v) is 5.53. The largest absolute Gasteiger partial charge is 0.479 e. The molecular formula is C9H16N2O5S. The highest BCUT2D eigenvalue weighted by Gasteiger charge is 2.20. The molecule has 0 aromatic rings. The number of urea groups is 1. The van der Waals surface area contributed by atoms with Crippen LogP contribution in [0.25, 0.3) is 0 Å². The highest BCUT2D eigenvalue weighted by atomic mass is 32.2. The summed E-state index contributed by atoms with van der Waals surface area (Å²) in [6, 6.07) is -0.544. The van der Waals surface area contributed by atoms with E-state index in [9.17, 15) is 13.8 Å². The number of hydrogen-bond donors (Lipinski definition) is 4. The Kier molecular flexibility index (Phi) is 5.36. The first kappa shape index (κ1) is 13.9. The third-order valence-electron chi connectivity index (χ3n) is 2.46. The van der Waals surface area contributed by atoms with E-state index in [1.165, 1.54) is 0 Å². The lowest BCUT2D eigenvalue weighted by Gasteiger charge is -2.22. The quantitative estimate of drug-likeness (QED) is 0.500. The van der Waals surface area contributed by atoms with Crippen LogP contribution in [0.4, 0.5) is 4.79 Å². The van der Waals surface area contributed by atoms with E-state index in [0.717, 1.165) is 0 Å². The minimum atomic E-state index is -1.60. The molecule has 1 aliphatic rings. The summed E-state index contributed by atoms with van der Waals surface area (Å²) >= 11 is 0. The summed E-state index contributed by atoms with van der Waals surface area (Å²) in [6.45, 7) is -0.334. The Balaban J connectivity index is 2.21. The van der Waals surface area contributed by atoms with Crippen LogP contribution < -0.4 is 10.6 Å². The highest BCUT2D eigenvalue weighted by Crippen LogP contribution is 2.08. The average molecular weight is 264 g/mol. The van der Waals surface area contributed by atoms with Crippen LogP contribution >= 0.6 is 0 Å². The topological polar surface area (TPSA) is 116 Å². The molecule has 0 saturated carbocycles. The fraction of sp³-hybridized carbons (Fsp3) is 0.778. The minimum Gasteiger partial charge on any atom is -0.479 e. The maximum atomic E-state index is 11.3. The summed E-state index contributed by atoms with van der Waals surface area (Å²) in [7, 11) is -0.782. The molecule has 0 unspecified atom stereocenters. The van der Waals surface area contributed by atoms with Crippen LogP contribution in [0, 0.1) is 0 Å². The van der Waals surface area contributed by atoms with Gasteiger partial charge in [0.1, 0.15) is 0 Å². The van der Waals surface area contributed by atoms with Crippen molar-refractivity contribution in [2.45, 2.75) is 25.0 Å². The van der Waals surface area contributed by atoms with Gasteiger partial charge < -0.3 is 20.8 Å². The van der Waals surface area contributed by atoms with Crippen molar-refractivity contribution < 1.29 is 24.0 Å². The summed E-state index contributed by atoms with van der Waals surface area (Å²) in [6.07, 6.45) is -0.289. The van der Waals surface area contributed by atoms with E-state index >= 15 is 0 Å². The van der Waals surface area contributed by atoms with Crippen molar-refractivity contribution in [2.24, 2.45) is 0 Å². The van der Waals surface area contributed by atoms with E-state index in [-0.39, 0.29) is 12.6 Å². The molecule has 8 heteroatoms. The number of carbonyl (C=O) groups excluding carboxylic acids is 1. The first-order chi connectivity index (χ1) is 7.99. The first-order valence-electron chi connectivity index (χ1n) is 5.29. The van der Waals surface area contributed by atoms with Crippen LogP contribution in [0.15, 0.2) is 0 Å². The number of carbonyl (C=O) groups is 2. The molecule has 7 nitrogen and oxygen atoms in total. The van der Waals surface area contributed by atoms with Crippen LogP contribution in [0.5, 0.6) is 0 Å². The Hall–Kier alpha value is -1.15. The van der Waals surface area contributed by atoms with Crippen LogP contribution in [0.2, 0.25) is 0 Å². The molecule has 1 rings (SSSR count). The summed E-state index contributed by atoms with van der Waals surface area (Å²) in [5, 5.41) is 22.2. The van der Waals surface area contributed by atoms with Gasteiger partial charge in [0.2, 0.25) is 0 Å². The molecule has 1 heterocycles. The van der Waals surface area contributed by atoms with Gasteiger partial charge in [0.15, 0.2) is 6.10 Å². The molecule has 1 saturated heterocycles. The molecular weight excluding hydrogens is 248 g/mol. The molecule has 2 amide bonds. The SMILES string of the molecule is O=C(NC[C@H](O)C(=O)O)NC1CCS(=O)CC1. The molecule has 0 bridgehead atoms. The zero-order valence-corrected chi connectivity index (χ0v) is 10.0. The monoisotopic (exact) mass is 264 g/mol. The minimum absolute atomic E-state index is 0.0327. The van der Waals surface area contributed by atoms with E-state index in [0.29, 0.717) is 24.3 Å². The van der Waals surface area contributed by atoms with E-state index in [1.54, 1.807) is 0 Å². The number of aliphatic hydroxyl groups excluding tert-OH is 1. The van der Waals surface area contributed by atoms with Crippen molar-refractivity contribution in [3.8, 4) is 0 Å². The summed E-state index contributed by atoms with van der Waals surface area (Å²) in [5.41, 5.74) is 0. The Morgan fingerprint density at radius 3 is 2.47 bits per heavy atom. The number of hydrogen-bond acceptors (Lipinski definition) is 4. The lowest BCUT2D eigenvalue weighted by molar-refractivity contribution is -0.146. The van der Waals surface area contributed by atoms with Gasteiger partial charge in [0.25, 0.3) is 0 Å². The standard InChI is InChI=1S/C9H16N2O5S/c12-7(8(13)14)5-10-9(15)11-6-1-3-17(16)4-2-6/h6-7,12H,1-5H2,(H,13,14)(H2,10,11,15)/t6?,7-,17?/m0/s1. The Morgan fingerprint density at radius 1 is 1.35 bits per heavy atom. The maximum Gasteiger partial charge on any atom is 0.334 e. The lowest BCUT2D eigenvalue weighted by Crippen LogP contribution is -2.47. The summed E-state index contributed by atoms with van der Waals surface area (Å²) in [4.78, 5) is 21.6. The van der Waals surface area contributed by atoms with Crippen molar-refractivity contribution in [3.63, 3.8) is 0 Å². The molecule has 0 aromatic carbocycles. The molecule has 1 atom stereocenters. The van der Waals surface area contributed by atoms with Gasteiger partial charge in [-0.05, 0) is 12.8 Å². The van der Waals surface area contributed by atoms with E-state index < -0.39 is 28.9 Å². The van der Waals surface area contributed by atoms with Crippen LogP contribution in [-0.4, -0.2) is 56.6 Å². The Labute approximate surface area is 101 Å². The second kappa shape index (κ2) is 6.55. The number of rotatable bonds is 4. The lowest BCUT2D eigenvalue weighted by atomic mass is 10.2. The molecule has 0 aliphatic carbocycles. The van der Waals surface area contributed by atoms with Gasteiger partial charge in [0.05, 0.1) is 6.54 Å². The summed E-state index contributed by atoms with van der Waals surface area (Å²) < 4.78 is 11.1. The maximum absolute atomic E-state index is 11.3. The predicted molar refractivity (Wildman–Crippen MR) is 61.1 cm³/mol. The van der Waals surface area contributed by atoms with Crippen molar-refractivity contribution in [1.29, 1.82) is 0 Å². The van der Waals surface area contributed by atoms with Crippen molar-refractivity contribution in [1.82, 2.24) is 10.6 Å². The zero-order chi connectivity index (χ0) is 12.8. The smallest absolute Gasteiger partial charge is 0.334 e. The van der Waals surface area contributed by atoms with E-state index in [1.807, 2.05) is 0 Å². The number of nitrogens with one attached hydrogen (secondary N) is 2. The van der Waals surface area contributed by atoms with Gasteiger partial charge in [-0.1, -0.05) is 0 Å². The molecule has 17 heavy (non-hydrogen) atoms. The molecule has 0 spiro atoms. The molecule has 1 aliphatic heterocycles. The highest BCUT2D eigenvalue weighted by molar-refractivity contribution is 7.85. The van der Waals surface area contributed by atoms with Gasteiger partial charge in [-0.15, -0.1) is 0 Å². The van der Waals surface area contributed by atoms with Gasteiger partial charge in [-0.2, -0.15) is 0 Å². The van der Waals surface area contributed by atoms with Crippen molar-refractivity contribution >= 4 is 22.8 Å². The van der Waals surface area contributed by atoms with Gasteiger partial charge in [-0.25, -0.2) is 9.59 Å². The third-order valence-corrected chi connectivity index (χ3v) is 3.85. The third kappa shape index (κ3) is 5.14. The van der Waals surface area contributed by atoms with Crippen molar-refractivity contribution in [2.75, 3.05) is 18.1 Å². The Bertz CT molecular complexity index is 313. The van der Waals surface area contributed by atoms with Crippen LogP contribution in [-0.2, 0) is 15.6 Å². The fourth-order valence-electron chi connectivity index (χ4n) is 1.45. The summed E-state index contributed by atoms with van der Waals surface area (Å²) in [5.74, 6) is -0.232. The average Bonchev–Trinajstić information content (AvgIpc) is 2.29. The molecule has 98 valence electrons. The van der Waals surface area contributed by atoms with E-state index in [4.69, 9.17) is 10.2 Å². The van der Waals surface area contributed by atoms with Gasteiger partial charge in [-0.3, -0.25) is 4.21 Å². The number of carboxylic acids is 1. The number of aliphatic carboxylic acids is 1. The Morgan fingerprint density at radius 2 is 1.94 bits per heavy atom. The first-order valence-corrected chi connectivity index (χ1v) is 6.78. The number of carboxylic acid groups (broad SMARTS) is 1.